The van der Waals surface area contributed by atoms with Crippen molar-refractivity contribution >= 4 is 10.8 Å². The van der Waals surface area contributed by atoms with Crippen LogP contribution >= 0.6 is 0 Å². The zero-order valence-electron chi connectivity index (χ0n) is 12.8. The fourth-order valence-electron chi connectivity index (χ4n) is 2.68. The van der Waals surface area contributed by atoms with Crippen molar-refractivity contribution in [2.75, 3.05) is 6.61 Å². The lowest BCUT2D eigenvalue weighted by Crippen LogP contribution is -2.21. The lowest BCUT2D eigenvalue weighted by molar-refractivity contribution is 0.358. The molecule has 0 amide bonds. The molecule has 0 aliphatic heterocycles. The molecule has 2 heteroatoms. The lowest BCUT2D eigenvalue weighted by Gasteiger charge is -2.19. The zero-order chi connectivity index (χ0) is 14.7. The fourth-order valence-corrected chi connectivity index (χ4v) is 2.68. The second-order valence-corrected chi connectivity index (χ2v) is 5.75. The van der Waals surface area contributed by atoms with E-state index in [1.165, 1.54) is 29.2 Å². The average Bonchev–Trinajstić information content (AvgIpc) is 3.31. The van der Waals surface area contributed by atoms with E-state index in [0.29, 0.717) is 18.7 Å². The van der Waals surface area contributed by atoms with Gasteiger partial charge in [-0.05, 0) is 32.1 Å². The Kier molecular flexibility index (Phi) is 4.26. The van der Waals surface area contributed by atoms with Gasteiger partial charge in [0.15, 0.2) is 0 Å². The van der Waals surface area contributed by atoms with Crippen LogP contribution in [0.3, 0.4) is 0 Å². The van der Waals surface area contributed by atoms with Crippen molar-refractivity contribution in [2.45, 2.75) is 38.8 Å². The molecule has 1 unspecified atom stereocenters. The maximum atomic E-state index is 6.09. The van der Waals surface area contributed by atoms with Crippen LogP contribution in [0.15, 0.2) is 48.6 Å². The monoisotopic (exact) mass is 281 g/mol. The molecule has 2 aromatic rings. The molecule has 1 N–H and O–H groups in total. The molecule has 1 atom stereocenters. The highest BCUT2D eigenvalue weighted by atomic mass is 16.5. The van der Waals surface area contributed by atoms with Crippen LogP contribution in [0.25, 0.3) is 10.8 Å². The molecule has 1 fully saturated rings. The average molecular weight is 281 g/mol. The van der Waals surface area contributed by atoms with E-state index in [2.05, 4.69) is 48.6 Å². The minimum atomic E-state index is 0.322. The summed E-state index contributed by atoms with van der Waals surface area (Å²) < 4.78 is 6.09. The molecule has 0 radical (unpaired) electrons. The predicted molar refractivity (Wildman–Crippen MR) is 88.8 cm³/mol. The molecular formula is C19H23NO. The standard InChI is InChI=1S/C19H23NO/c1-3-4-13-21-19-17(14(2)20-16-10-11-16)12-9-15-7-5-6-8-18(15)19/h3-9,12,14,16,20H,10-11,13H2,1-2H3/b4-3+. The molecule has 0 heterocycles. The Labute approximate surface area is 126 Å². The Bertz CT molecular complexity index is 643. The first-order chi connectivity index (χ1) is 10.3. The van der Waals surface area contributed by atoms with E-state index < -0.39 is 0 Å². The summed E-state index contributed by atoms with van der Waals surface area (Å²) in [7, 11) is 0. The molecule has 0 spiro atoms. The third kappa shape index (κ3) is 3.27. The SMILES string of the molecule is C/C=C/COc1c(C(C)NC2CC2)ccc2ccccc12. The summed E-state index contributed by atoms with van der Waals surface area (Å²) in [5.74, 6) is 1.02. The van der Waals surface area contributed by atoms with Crippen LogP contribution in [0.4, 0.5) is 0 Å². The van der Waals surface area contributed by atoms with Crippen LogP contribution in [-0.4, -0.2) is 12.6 Å². The van der Waals surface area contributed by atoms with Crippen molar-refractivity contribution in [3.63, 3.8) is 0 Å². The van der Waals surface area contributed by atoms with Gasteiger partial charge in [0, 0.05) is 23.0 Å². The van der Waals surface area contributed by atoms with E-state index in [9.17, 15) is 0 Å². The summed E-state index contributed by atoms with van der Waals surface area (Å²) in [5.41, 5.74) is 1.25. The third-order valence-corrected chi connectivity index (χ3v) is 4.00. The second kappa shape index (κ2) is 6.31. The van der Waals surface area contributed by atoms with E-state index in [1.54, 1.807) is 0 Å². The zero-order valence-corrected chi connectivity index (χ0v) is 12.8. The van der Waals surface area contributed by atoms with Gasteiger partial charge in [0.1, 0.15) is 12.4 Å². The normalized spacial score (nSPS) is 16.5. The number of hydrogen-bond acceptors (Lipinski definition) is 2. The second-order valence-electron chi connectivity index (χ2n) is 5.75. The minimum absolute atomic E-state index is 0.322. The summed E-state index contributed by atoms with van der Waals surface area (Å²) in [6.45, 7) is 4.86. The Morgan fingerprint density at radius 3 is 2.81 bits per heavy atom. The minimum Gasteiger partial charge on any atom is -0.489 e. The Morgan fingerprint density at radius 2 is 2.05 bits per heavy atom. The number of rotatable bonds is 6. The van der Waals surface area contributed by atoms with Crippen LogP contribution < -0.4 is 10.1 Å². The summed E-state index contributed by atoms with van der Waals surface area (Å²) >= 11 is 0. The van der Waals surface area contributed by atoms with Gasteiger partial charge >= 0.3 is 0 Å². The number of nitrogens with one attached hydrogen (secondary N) is 1. The van der Waals surface area contributed by atoms with E-state index in [0.717, 1.165) is 5.75 Å². The van der Waals surface area contributed by atoms with Crippen molar-refractivity contribution in [1.82, 2.24) is 5.32 Å². The Hall–Kier alpha value is -1.80. The van der Waals surface area contributed by atoms with Gasteiger partial charge in [-0.25, -0.2) is 0 Å². The number of ether oxygens (including phenoxy) is 1. The van der Waals surface area contributed by atoms with Gasteiger partial charge in [-0.3, -0.25) is 0 Å². The van der Waals surface area contributed by atoms with Crippen molar-refractivity contribution in [1.29, 1.82) is 0 Å². The molecular weight excluding hydrogens is 258 g/mol. The molecule has 0 saturated heterocycles. The van der Waals surface area contributed by atoms with Crippen LogP contribution in [0, 0.1) is 0 Å². The van der Waals surface area contributed by atoms with E-state index in [-0.39, 0.29) is 0 Å². The largest absolute Gasteiger partial charge is 0.489 e. The van der Waals surface area contributed by atoms with Crippen LogP contribution in [0.5, 0.6) is 5.75 Å². The maximum absolute atomic E-state index is 6.09. The summed E-state index contributed by atoms with van der Waals surface area (Å²) in [6.07, 6.45) is 6.67. The molecule has 0 aromatic heterocycles. The molecule has 1 aliphatic rings. The predicted octanol–water partition coefficient (Wildman–Crippen LogP) is 4.61. The highest BCUT2D eigenvalue weighted by Gasteiger charge is 2.25. The van der Waals surface area contributed by atoms with E-state index in [1.807, 2.05) is 19.1 Å². The van der Waals surface area contributed by atoms with Gasteiger partial charge in [0.25, 0.3) is 0 Å². The topological polar surface area (TPSA) is 21.3 Å². The van der Waals surface area contributed by atoms with E-state index >= 15 is 0 Å². The molecule has 21 heavy (non-hydrogen) atoms. The molecule has 1 aliphatic carbocycles. The van der Waals surface area contributed by atoms with Gasteiger partial charge in [-0.15, -0.1) is 0 Å². The first kappa shape index (κ1) is 14.2. The number of benzene rings is 2. The molecule has 2 aromatic carbocycles. The van der Waals surface area contributed by atoms with Crippen molar-refractivity contribution < 1.29 is 4.74 Å². The Balaban J connectivity index is 1.97. The highest BCUT2D eigenvalue weighted by molar-refractivity contribution is 5.89. The first-order valence-corrected chi connectivity index (χ1v) is 7.81. The number of fused-ring (bicyclic) bond motifs is 1. The van der Waals surface area contributed by atoms with Gasteiger partial charge in [-0.2, -0.15) is 0 Å². The first-order valence-electron chi connectivity index (χ1n) is 7.81. The van der Waals surface area contributed by atoms with Crippen molar-refractivity contribution in [2.24, 2.45) is 0 Å². The maximum Gasteiger partial charge on any atom is 0.132 e. The van der Waals surface area contributed by atoms with Crippen LogP contribution in [0.2, 0.25) is 0 Å². The van der Waals surface area contributed by atoms with Gasteiger partial charge < -0.3 is 10.1 Å². The number of allylic oxidation sites excluding steroid dienone is 1. The van der Waals surface area contributed by atoms with Crippen molar-refractivity contribution in [3.05, 3.63) is 54.1 Å². The number of hydrogen-bond donors (Lipinski definition) is 1. The quantitative estimate of drug-likeness (QED) is 0.781. The Morgan fingerprint density at radius 1 is 1.24 bits per heavy atom. The smallest absolute Gasteiger partial charge is 0.132 e. The molecule has 110 valence electrons. The van der Waals surface area contributed by atoms with Crippen LogP contribution in [-0.2, 0) is 0 Å². The van der Waals surface area contributed by atoms with Gasteiger partial charge in [0.05, 0.1) is 0 Å². The summed E-state index contributed by atoms with van der Waals surface area (Å²) in [6, 6.07) is 13.8. The molecule has 1 saturated carbocycles. The molecule has 0 bridgehead atoms. The lowest BCUT2D eigenvalue weighted by atomic mass is 10.0. The van der Waals surface area contributed by atoms with Crippen molar-refractivity contribution in [3.8, 4) is 5.75 Å². The van der Waals surface area contributed by atoms with E-state index in [4.69, 9.17) is 4.74 Å². The fraction of sp³-hybridized carbons (Fsp3) is 0.368. The molecule has 3 rings (SSSR count). The van der Waals surface area contributed by atoms with Gasteiger partial charge in [-0.1, -0.05) is 48.6 Å². The highest BCUT2D eigenvalue weighted by Crippen LogP contribution is 2.35. The summed E-state index contributed by atoms with van der Waals surface area (Å²) in [4.78, 5) is 0. The van der Waals surface area contributed by atoms with Gasteiger partial charge in [0.2, 0.25) is 0 Å². The summed E-state index contributed by atoms with van der Waals surface area (Å²) in [5, 5.41) is 6.10. The third-order valence-electron chi connectivity index (χ3n) is 4.00. The molecule has 2 nitrogen and oxygen atoms in total. The van der Waals surface area contributed by atoms with Crippen LogP contribution in [0.1, 0.15) is 38.3 Å².